The predicted molar refractivity (Wildman–Crippen MR) is 88.8 cm³/mol. The van der Waals surface area contributed by atoms with Crippen molar-refractivity contribution in [3.8, 4) is 22.6 Å². The minimum atomic E-state index is 0.796. The molecule has 0 aliphatic heterocycles. The molecule has 0 aliphatic rings. The number of imidazole rings is 1. The maximum absolute atomic E-state index is 4.71. The van der Waals surface area contributed by atoms with Crippen LogP contribution in [0.25, 0.3) is 44.6 Å². The van der Waals surface area contributed by atoms with Crippen molar-refractivity contribution >= 4 is 21.9 Å². The molecule has 0 fully saturated rings. The quantitative estimate of drug-likeness (QED) is 0.466. The molecule has 0 bridgehead atoms. The monoisotopic (exact) mass is 300 g/mol. The molecule has 3 heterocycles. The first-order valence-corrected chi connectivity index (χ1v) is 7.31. The zero-order valence-electron chi connectivity index (χ0n) is 12.0. The van der Waals surface area contributed by atoms with Crippen molar-refractivity contribution in [2.45, 2.75) is 0 Å². The van der Waals surface area contributed by atoms with Gasteiger partial charge in [0.25, 0.3) is 0 Å². The Kier molecular flexibility index (Phi) is 2.40. The van der Waals surface area contributed by atoms with Crippen LogP contribution < -0.4 is 0 Å². The number of H-pyrrole nitrogens is 3. The molecule has 2 aromatic carbocycles. The Bertz CT molecular complexity index is 1070. The third kappa shape index (κ3) is 1.85. The van der Waals surface area contributed by atoms with E-state index in [2.05, 4.69) is 25.4 Å². The van der Waals surface area contributed by atoms with Gasteiger partial charge in [-0.3, -0.25) is 10.2 Å². The molecular formula is C17H12N6. The lowest BCUT2D eigenvalue weighted by Crippen LogP contribution is -1.83. The molecule has 0 unspecified atom stereocenters. The molecule has 0 radical (unpaired) electrons. The molecule has 3 aromatic heterocycles. The molecule has 0 atom stereocenters. The van der Waals surface area contributed by atoms with Gasteiger partial charge in [0.05, 0.1) is 22.1 Å². The van der Waals surface area contributed by atoms with Crippen LogP contribution in [-0.2, 0) is 0 Å². The highest BCUT2D eigenvalue weighted by Gasteiger charge is 2.14. The first-order chi connectivity index (χ1) is 11.4. The van der Waals surface area contributed by atoms with Gasteiger partial charge in [0, 0.05) is 23.3 Å². The molecule has 6 nitrogen and oxygen atoms in total. The van der Waals surface area contributed by atoms with Gasteiger partial charge in [0.15, 0.2) is 0 Å². The minimum absolute atomic E-state index is 0.796. The summed E-state index contributed by atoms with van der Waals surface area (Å²) in [5, 5.41) is 15.4. The van der Waals surface area contributed by atoms with Crippen molar-refractivity contribution in [2.24, 2.45) is 0 Å². The average Bonchev–Trinajstić information content (AvgIpc) is 3.31. The Labute approximate surface area is 130 Å². The molecule has 23 heavy (non-hydrogen) atoms. The van der Waals surface area contributed by atoms with Crippen LogP contribution in [0.2, 0.25) is 0 Å². The lowest BCUT2D eigenvalue weighted by Gasteiger charge is -1.99. The van der Waals surface area contributed by atoms with Gasteiger partial charge >= 0.3 is 0 Å². The minimum Gasteiger partial charge on any atom is -0.338 e. The Balaban J connectivity index is 1.70. The van der Waals surface area contributed by atoms with Gasteiger partial charge < -0.3 is 4.98 Å². The molecule has 0 saturated carbocycles. The summed E-state index contributed by atoms with van der Waals surface area (Å²) in [7, 11) is 0. The van der Waals surface area contributed by atoms with Crippen molar-refractivity contribution < 1.29 is 0 Å². The number of aromatic nitrogens is 6. The number of nitrogens with zero attached hydrogens (tertiary/aromatic N) is 3. The molecule has 5 rings (SSSR count). The molecule has 3 N–H and O–H groups in total. The molecule has 0 saturated heterocycles. The maximum Gasteiger partial charge on any atom is 0.142 e. The zero-order valence-corrected chi connectivity index (χ0v) is 12.0. The van der Waals surface area contributed by atoms with Crippen LogP contribution in [0.4, 0.5) is 0 Å². The number of hydrogen-bond donors (Lipinski definition) is 3. The third-order valence-electron chi connectivity index (χ3n) is 3.98. The van der Waals surface area contributed by atoms with Crippen LogP contribution in [0.15, 0.2) is 54.9 Å². The number of rotatable bonds is 2. The third-order valence-corrected chi connectivity index (χ3v) is 3.98. The Morgan fingerprint density at radius 3 is 2.61 bits per heavy atom. The fourth-order valence-corrected chi connectivity index (χ4v) is 2.86. The van der Waals surface area contributed by atoms with E-state index >= 15 is 0 Å². The van der Waals surface area contributed by atoms with Gasteiger partial charge in [0.2, 0.25) is 0 Å². The van der Waals surface area contributed by atoms with Crippen LogP contribution >= 0.6 is 0 Å². The highest BCUT2D eigenvalue weighted by Crippen LogP contribution is 2.30. The lowest BCUT2D eigenvalue weighted by molar-refractivity contribution is 1.10. The summed E-state index contributed by atoms with van der Waals surface area (Å²) in [5.74, 6) is 0.796. The van der Waals surface area contributed by atoms with Crippen LogP contribution in [0.5, 0.6) is 0 Å². The van der Waals surface area contributed by atoms with Crippen LogP contribution in [0.1, 0.15) is 0 Å². The maximum atomic E-state index is 4.71. The summed E-state index contributed by atoms with van der Waals surface area (Å²) >= 11 is 0. The number of nitrogens with one attached hydrogen (secondary N) is 3. The first-order valence-electron chi connectivity index (χ1n) is 7.31. The van der Waals surface area contributed by atoms with Gasteiger partial charge in [-0.2, -0.15) is 10.2 Å². The second-order valence-corrected chi connectivity index (χ2v) is 5.41. The van der Waals surface area contributed by atoms with Crippen molar-refractivity contribution in [3.05, 3.63) is 54.9 Å². The summed E-state index contributed by atoms with van der Waals surface area (Å²) in [6.45, 7) is 0. The number of hydrogen-bond acceptors (Lipinski definition) is 3. The molecule has 0 aliphatic carbocycles. The van der Waals surface area contributed by atoms with E-state index in [0.717, 1.165) is 44.6 Å². The molecule has 6 heteroatoms. The Morgan fingerprint density at radius 2 is 1.70 bits per heavy atom. The Hall–Kier alpha value is -3.41. The average molecular weight is 300 g/mol. The van der Waals surface area contributed by atoms with E-state index in [0.29, 0.717) is 0 Å². The molecule has 110 valence electrons. The van der Waals surface area contributed by atoms with Crippen molar-refractivity contribution in [1.82, 2.24) is 30.4 Å². The number of aromatic amines is 3. The van der Waals surface area contributed by atoms with Gasteiger partial charge in [-0.15, -0.1) is 0 Å². The lowest BCUT2D eigenvalue weighted by atomic mass is 10.1. The summed E-state index contributed by atoms with van der Waals surface area (Å²) in [5.41, 5.74) is 5.68. The second-order valence-electron chi connectivity index (χ2n) is 5.41. The van der Waals surface area contributed by atoms with E-state index in [9.17, 15) is 0 Å². The smallest absolute Gasteiger partial charge is 0.142 e. The molecule has 0 spiro atoms. The fourth-order valence-electron chi connectivity index (χ4n) is 2.86. The van der Waals surface area contributed by atoms with E-state index in [1.54, 1.807) is 0 Å². The highest BCUT2D eigenvalue weighted by atomic mass is 15.1. The van der Waals surface area contributed by atoms with Crippen LogP contribution in [0, 0.1) is 0 Å². The summed E-state index contributed by atoms with van der Waals surface area (Å²) in [4.78, 5) is 8.08. The summed E-state index contributed by atoms with van der Waals surface area (Å²) < 4.78 is 0. The number of fused-ring (bicyclic) bond motifs is 2. The normalized spacial score (nSPS) is 11.5. The zero-order chi connectivity index (χ0) is 15.2. The topological polar surface area (TPSA) is 86.0 Å². The van der Waals surface area contributed by atoms with E-state index in [1.807, 2.05) is 54.9 Å². The summed E-state index contributed by atoms with van der Waals surface area (Å²) in [6, 6.07) is 14.1. The van der Waals surface area contributed by atoms with E-state index in [1.165, 1.54) is 0 Å². The fraction of sp³-hybridized carbons (Fsp3) is 0. The summed E-state index contributed by atoms with van der Waals surface area (Å²) in [6.07, 6.45) is 3.74. The Morgan fingerprint density at radius 1 is 0.826 bits per heavy atom. The largest absolute Gasteiger partial charge is 0.338 e. The van der Waals surface area contributed by atoms with Crippen molar-refractivity contribution in [3.63, 3.8) is 0 Å². The predicted octanol–water partition coefficient (Wildman–Crippen LogP) is 3.50. The van der Waals surface area contributed by atoms with Crippen LogP contribution in [-0.4, -0.2) is 30.4 Å². The van der Waals surface area contributed by atoms with Crippen molar-refractivity contribution in [2.75, 3.05) is 0 Å². The second kappa shape index (κ2) is 4.54. The molecule has 5 aromatic rings. The standard InChI is InChI=1S/C17H12N6/c1-2-4-10(5-3-1)16-12(9-19-23-16)17-20-14-6-11-8-18-22-13(11)7-15(14)21-17/h1-9H,(H,18,22)(H,19,23)(H,20,21). The van der Waals surface area contributed by atoms with Crippen molar-refractivity contribution in [1.29, 1.82) is 0 Å². The van der Waals surface area contributed by atoms with E-state index < -0.39 is 0 Å². The van der Waals surface area contributed by atoms with Gasteiger partial charge in [0.1, 0.15) is 11.5 Å². The van der Waals surface area contributed by atoms with Crippen LogP contribution in [0.3, 0.4) is 0 Å². The number of benzene rings is 2. The van der Waals surface area contributed by atoms with Gasteiger partial charge in [-0.1, -0.05) is 30.3 Å². The molecule has 0 amide bonds. The van der Waals surface area contributed by atoms with Gasteiger partial charge in [-0.25, -0.2) is 4.98 Å². The van der Waals surface area contributed by atoms with Gasteiger partial charge in [-0.05, 0) is 12.1 Å². The van der Waals surface area contributed by atoms with E-state index in [-0.39, 0.29) is 0 Å². The highest BCUT2D eigenvalue weighted by molar-refractivity contribution is 5.94. The SMILES string of the molecule is c1ccc(-c2n[nH]cc2-c2nc3cc4c[nH]nc4cc3[nH]2)cc1. The molecular weight excluding hydrogens is 288 g/mol. The van der Waals surface area contributed by atoms with E-state index in [4.69, 9.17) is 4.98 Å². The first kappa shape index (κ1) is 12.2.